The van der Waals surface area contributed by atoms with Crippen LogP contribution < -0.4 is 11.1 Å². The van der Waals surface area contributed by atoms with Gasteiger partial charge in [-0.25, -0.2) is 4.52 Å². The number of primary amides is 1. The second-order valence-electron chi connectivity index (χ2n) is 7.16. The maximum Gasteiger partial charge on any atom is 0.252 e. The number of carbonyl (C=O) groups excluding carboxylic acids is 1. The first-order valence-corrected chi connectivity index (χ1v) is 9.11. The van der Waals surface area contributed by atoms with Gasteiger partial charge in [-0.15, -0.1) is 0 Å². The Morgan fingerprint density at radius 2 is 2.22 bits per heavy atom. The molecule has 3 N–H and O–H groups in total. The Bertz CT molecular complexity index is 1060. The number of aromatic nitrogens is 2. The number of benzene rings is 1. The minimum atomic E-state index is -0.491. The third-order valence-electron chi connectivity index (χ3n) is 5.15. The van der Waals surface area contributed by atoms with Crippen molar-refractivity contribution in [1.29, 1.82) is 5.26 Å². The summed E-state index contributed by atoms with van der Waals surface area (Å²) in [5.74, 6) is 0.144. The molecule has 1 atom stereocenters. The fourth-order valence-electron chi connectivity index (χ4n) is 3.45. The van der Waals surface area contributed by atoms with Crippen LogP contribution in [0.5, 0.6) is 0 Å². The predicted molar refractivity (Wildman–Crippen MR) is 104 cm³/mol. The molecule has 136 valence electrons. The van der Waals surface area contributed by atoms with E-state index in [9.17, 15) is 4.79 Å². The Balaban J connectivity index is 1.80. The first kappa shape index (κ1) is 17.1. The lowest BCUT2D eigenvalue weighted by molar-refractivity contribution is 0.100. The van der Waals surface area contributed by atoms with Crippen molar-refractivity contribution < 1.29 is 4.79 Å². The van der Waals surface area contributed by atoms with Gasteiger partial charge in [-0.3, -0.25) is 4.79 Å². The fourth-order valence-corrected chi connectivity index (χ4v) is 3.45. The Kier molecular flexibility index (Phi) is 4.28. The van der Waals surface area contributed by atoms with E-state index in [4.69, 9.17) is 11.0 Å². The van der Waals surface area contributed by atoms with E-state index in [1.165, 1.54) is 19.0 Å². The maximum atomic E-state index is 11.9. The van der Waals surface area contributed by atoms with E-state index in [1.807, 2.05) is 36.5 Å². The lowest BCUT2D eigenvalue weighted by atomic mass is 10.0. The summed E-state index contributed by atoms with van der Waals surface area (Å²) < 4.78 is 1.76. The molecule has 1 aliphatic carbocycles. The number of amides is 1. The van der Waals surface area contributed by atoms with E-state index in [-0.39, 0.29) is 6.04 Å². The van der Waals surface area contributed by atoms with Gasteiger partial charge in [0.1, 0.15) is 0 Å². The molecule has 0 saturated heterocycles. The first-order chi connectivity index (χ1) is 13.1. The zero-order chi connectivity index (χ0) is 19.0. The first-order valence-electron chi connectivity index (χ1n) is 9.11. The molecule has 2 heterocycles. The highest BCUT2D eigenvalue weighted by atomic mass is 16.1. The van der Waals surface area contributed by atoms with Crippen LogP contribution in [0.3, 0.4) is 0 Å². The van der Waals surface area contributed by atoms with Gasteiger partial charge in [0.05, 0.1) is 35.5 Å². The number of nitrogens with one attached hydrogen (secondary N) is 1. The largest absolute Gasteiger partial charge is 0.380 e. The molecule has 1 saturated carbocycles. The summed E-state index contributed by atoms with van der Waals surface area (Å²) in [5.41, 5.74) is 10.5. The van der Waals surface area contributed by atoms with E-state index in [0.717, 1.165) is 27.9 Å². The number of rotatable bonds is 6. The number of carbonyl (C=O) groups is 1. The molecule has 27 heavy (non-hydrogen) atoms. The van der Waals surface area contributed by atoms with Gasteiger partial charge in [0.15, 0.2) is 0 Å². The summed E-state index contributed by atoms with van der Waals surface area (Å²) in [6.07, 6.45) is 6.24. The monoisotopic (exact) mass is 359 g/mol. The molecule has 1 fully saturated rings. The summed E-state index contributed by atoms with van der Waals surface area (Å²) >= 11 is 0. The molecule has 0 spiro atoms. The molecule has 6 nitrogen and oxygen atoms in total. The van der Waals surface area contributed by atoms with Crippen molar-refractivity contribution in [3.05, 3.63) is 53.9 Å². The molecular weight excluding hydrogens is 338 g/mol. The fraction of sp³-hybridized carbons (Fsp3) is 0.286. The highest BCUT2D eigenvalue weighted by Crippen LogP contribution is 2.36. The molecule has 4 rings (SSSR count). The van der Waals surface area contributed by atoms with Crippen LogP contribution in [0.2, 0.25) is 0 Å². The number of fused-ring (bicyclic) bond motifs is 1. The summed E-state index contributed by atoms with van der Waals surface area (Å²) in [4.78, 5) is 11.9. The van der Waals surface area contributed by atoms with Crippen LogP contribution in [-0.4, -0.2) is 21.6 Å². The smallest absolute Gasteiger partial charge is 0.252 e. The second-order valence-corrected chi connectivity index (χ2v) is 7.16. The highest BCUT2D eigenvalue weighted by Gasteiger charge is 2.29. The van der Waals surface area contributed by atoms with Crippen LogP contribution in [0.15, 0.2) is 42.7 Å². The topological polar surface area (TPSA) is 96.2 Å². The lowest BCUT2D eigenvalue weighted by Gasteiger charge is -2.17. The molecular formula is C21H21N5O. The molecule has 1 amide bonds. The van der Waals surface area contributed by atoms with Gasteiger partial charge in [-0.1, -0.05) is 24.3 Å². The molecule has 0 radical (unpaired) electrons. The van der Waals surface area contributed by atoms with Gasteiger partial charge in [0.2, 0.25) is 0 Å². The van der Waals surface area contributed by atoms with Gasteiger partial charge in [0.25, 0.3) is 5.91 Å². The third-order valence-corrected chi connectivity index (χ3v) is 5.15. The van der Waals surface area contributed by atoms with Gasteiger partial charge < -0.3 is 11.1 Å². The number of anilines is 1. The van der Waals surface area contributed by atoms with Crippen LogP contribution in [0.25, 0.3) is 16.6 Å². The quantitative estimate of drug-likeness (QED) is 0.705. The molecule has 1 aromatic carbocycles. The average molecular weight is 359 g/mol. The van der Waals surface area contributed by atoms with Crippen molar-refractivity contribution in [2.24, 2.45) is 11.7 Å². The Labute approximate surface area is 157 Å². The standard InChI is InChI=1S/C21H21N5O/c1-13(15-5-6-15)25-20-18(21(23)27)11-24-26-12-17(10-19(20)26)16-4-2-3-14(9-16)7-8-22/h2-4,9-13,15,25H,5-7H2,1H3,(H2,23,27). The molecule has 2 aromatic heterocycles. The number of hydrogen-bond acceptors (Lipinski definition) is 4. The molecule has 3 aromatic rings. The Morgan fingerprint density at radius 1 is 1.41 bits per heavy atom. The van der Waals surface area contributed by atoms with Crippen molar-refractivity contribution in [3.8, 4) is 17.2 Å². The zero-order valence-corrected chi connectivity index (χ0v) is 15.1. The highest BCUT2D eigenvalue weighted by molar-refractivity contribution is 6.02. The molecule has 6 heteroatoms. The number of nitriles is 1. The van der Waals surface area contributed by atoms with Gasteiger partial charge in [-0.2, -0.15) is 10.4 Å². The van der Waals surface area contributed by atoms with E-state index in [1.54, 1.807) is 4.52 Å². The van der Waals surface area contributed by atoms with E-state index >= 15 is 0 Å². The van der Waals surface area contributed by atoms with Crippen molar-refractivity contribution >= 4 is 17.1 Å². The minimum absolute atomic E-state index is 0.270. The van der Waals surface area contributed by atoms with E-state index < -0.39 is 5.91 Å². The van der Waals surface area contributed by atoms with Gasteiger partial charge in [0, 0.05) is 17.8 Å². The van der Waals surface area contributed by atoms with Crippen LogP contribution >= 0.6 is 0 Å². The van der Waals surface area contributed by atoms with Crippen molar-refractivity contribution in [1.82, 2.24) is 9.61 Å². The predicted octanol–water partition coefficient (Wildman–Crippen LogP) is 3.38. The van der Waals surface area contributed by atoms with E-state index in [0.29, 0.717) is 17.9 Å². The SMILES string of the molecule is CC(Nc1c(C(N)=O)cnn2cc(-c3cccc(CC#N)c3)cc12)C1CC1. The number of nitrogens with two attached hydrogens (primary N) is 1. The maximum absolute atomic E-state index is 11.9. The number of nitrogens with zero attached hydrogens (tertiary/aromatic N) is 3. The Morgan fingerprint density at radius 3 is 2.93 bits per heavy atom. The van der Waals surface area contributed by atoms with Crippen LogP contribution in [0, 0.1) is 17.2 Å². The molecule has 1 unspecified atom stereocenters. The minimum Gasteiger partial charge on any atom is -0.380 e. The Hall–Kier alpha value is -3.33. The zero-order valence-electron chi connectivity index (χ0n) is 15.1. The van der Waals surface area contributed by atoms with Crippen LogP contribution in [0.4, 0.5) is 5.69 Å². The summed E-state index contributed by atoms with van der Waals surface area (Å²) in [5, 5.41) is 16.8. The summed E-state index contributed by atoms with van der Waals surface area (Å²) in [6, 6.07) is 12.4. The lowest BCUT2D eigenvalue weighted by Crippen LogP contribution is -2.22. The van der Waals surface area contributed by atoms with Crippen molar-refractivity contribution in [3.63, 3.8) is 0 Å². The van der Waals surface area contributed by atoms with Crippen molar-refractivity contribution in [2.75, 3.05) is 5.32 Å². The summed E-state index contributed by atoms with van der Waals surface area (Å²) in [6.45, 7) is 2.13. The van der Waals surface area contributed by atoms with Gasteiger partial charge >= 0.3 is 0 Å². The van der Waals surface area contributed by atoms with Gasteiger partial charge in [-0.05, 0) is 42.9 Å². The third kappa shape index (κ3) is 3.36. The normalized spacial score (nSPS) is 14.7. The van der Waals surface area contributed by atoms with Crippen LogP contribution in [-0.2, 0) is 6.42 Å². The van der Waals surface area contributed by atoms with Crippen LogP contribution in [0.1, 0.15) is 35.7 Å². The van der Waals surface area contributed by atoms with E-state index in [2.05, 4.69) is 23.4 Å². The van der Waals surface area contributed by atoms with Crippen molar-refractivity contribution in [2.45, 2.75) is 32.2 Å². The molecule has 0 aliphatic heterocycles. The number of hydrogen-bond donors (Lipinski definition) is 2. The molecule has 0 bridgehead atoms. The summed E-state index contributed by atoms with van der Waals surface area (Å²) in [7, 11) is 0. The average Bonchev–Trinajstić information content (AvgIpc) is 3.41. The second kappa shape index (κ2) is 6.76. The molecule has 1 aliphatic rings.